The summed E-state index contributed by atoms with van der Waals surface area (Å²) >= 11 is 0. The quantitative estimate of drug-likeness (QED) is 0.743. The molecule has 15 heavy (non-hydrogen) atoms. The van der Waals surface area contributed by atoms with Crippen LogP contribution >= 0.6 is 0 Å². The van der Waals surface area contributed by atoms with Crippen LogP contribution in [-0.2, 0) is 0 Å². The number of nitrogens with zero attached hydrogens (tertiary/aromatic N) is 1. The molecule has 1 aromatic rings. The van der Waals surface area contributed by atoms with Crippen molar-refractivity contribution in [3.8, 4) is 0 Å². The van der Waals surface area contributed by atoms with Gasteiger partial charge in [-0.05, 0) is 31.4 Å². The van der Waals surface area contributed by atoms with Gasteiger partial charge in [0.15, 0.2) is 0 Å². The van der Waals surface area contributed by atoms with Crippen molar-refractivity contribution in [3.63, 3.8) is 0 Å². The van der Waals surface area contributed by atoms with E-state index in [0.717, 1.165) is 18.4 Å². The summed E-state index contributed by atoms with van der Waals surface area (Å²) < 4.78 is 0. The Hall–Kier alpha value is -1.42. The standard InChI is InChI=1S/C11H15N3O/c1-7-4-8(6-13-5-7)11(15)14-10-3-2-9(10)12/h4-6,9-10H,2-3,12H2,1H3,(H,14,15)/t9-,10+/m0/s1. The lowest BCUT2D eigenvalue weighted by Crippen LogP contribution is -2.54. The largest absolute Gasteiger partial charge is 0.348 e. The smallest absolute Gasteiger partial charge is 0.253 e. The Balaban J connectivity index is 2.01. The minimum Gasteiger partial charge on any atom is -0.348 e. The Morgan fingerprint density at radius 3 is 2.87 bits per heavy atom. The fourth-order valence-corrected chi connectivity index (χ4v) is 1.64. The molecule has 3 N–H and O–H groups in total. The molecule has 1 aromatic heterocycles. The van der Waals surface area contributed by atoms with E-state index in [1.54, 1.807) is 12.4 Å². The summed E-state index contributed by atoms with van der Waals surface area (Å²) in [5.74, 6) is -0.0775. The Morgan fingerprint density at radius 1 is 1.53 bits per heavy atom. The highest BCUT2D eigenvalue weighted by molar-refractivity contribution is 5.94. The van der Waals surface area contributed by atoms with Crippen LogP contribution in [0.3, 0.4) is 0 Å². The first-order valence-electron chi connectivity index (χ1n) is 5.15. The molecule has 0 aliphatic heterocycles. The number of hydrogen-bond acceptors (Lipinski definition) is 3. The number of hydrogen-bond donors (Lipinski definition) is 2. The summed E-state index contributed by atoms with van der Waals surface area (Å²) in [6.45, 7) is 1.92. The molecular formula is C11H15N3O. The highest BCUT2D eigenvalue weighted by atomic mass is 16.1. The van der Waals surface area contributed by atoms with E-state index in [-0.39, 0.29) is 18.0 Å². The van der Waals surface area contributed by atoms with E-state index in [0.29, 0.717) is 5.56 Å². The van der Waals surface area contributed by atoms with Crippen molar-refractivity contribution < 1.29 is 4.79 Å². The fourth-order valence-electron chi connectivity index (χ4n) is 1.64. The molecule has 80 valence electrons. The van der Waals surface area contributed by atoms with Gasteiger partial charge in [-0.2, -0.15) is 0 Å². The molecule has 4 heteroatoms. The van der Waals surface area contributed by atoms with E-state index < -0.39 is 0 Å². The van der Waals surface area contributed by atoms with E-state index in [9.17, 15) is 4.79 Å². The van der Waals surface area contributed by atoms with Crippen LogP contribution in [0.25, 0.3) is 0 Å². The zero-order valence-corrected chi connectivity index (χ0v) is 8.73. The van der Waals surface area contributed by atoms with Gasteiger partial charge in [0.25, 0.3) is 5.91 Å². The number of nitrogens with one attached hydrogen (secondary N) is 1. The van der Waals surface area contributed by atoms with Gasteiger partial charge < -0.3 is 11.1 Å². The molecule has 0 unspecified atom stereocenters. The molecule has 1 aliphatic rings. The van der Waals surface area contributed by atoms with Crippen molar-refractivity contribution in [1.29, 1.82) is 0 Å². The van der Waals surface area contributed by atoms with Gasteiger partial charge in [0, 0.05) is 24.5 Å². The molecule has 2 atom stereocenters. The van der Waals surface area contributed by atoms with Crippen LogP contribution in [0.5, 0.6) is 0 Å². The number of carbonyl (C=O) groups is 1. The third kappa shape index (κ3) is 2.15. The summed E-state index contributed by atoms with van der Waals surface area (Å²) in [6.07, 6.45) is 5.28. The molecule has 1 heterocycles. The second kappa shape index (κ2) is 3.98. The predicted molar refractivity (Wildman–Crippen MR) is 57.4 cm³/mol. The molecule has 0 spiro atoms. The summed E-state index contributed by atoms with van der Waals surface area (Å²) in [5, 5.41) is 2.91. The van der Waals surface area contributed by atoms with Gasteiger partial charge in [-0.3, -0.25) is 9.78 Å². The fraction of sp³-hybridized carbons (Fsp3) is 0.455. The maximum Gasteiger partial charge on any atom is 0.253 e. The zero-order valence-electron chi connectivity index (χ0n) is 8.73. The van der Waals surface area contributed by atoms with E-state index in [1.807, 2.05) is 13.0 Å². The van der Waals surface area contributed by atoms with Crippen LogP contribution < -0.4 is 11.1 Å². The molecule has 0 bridgehead atoms. The monoisotopic (exact) mass is 205 g/mol. The molecule has 4 nitrogen and oxygen atoms in total. The lowest BCUT2D eigenvalue weighted by molar-refractivity contribution is 0.0905. The highest BCUT2D eigenvalue weighted by Crippen LogP contribution is 2.17. The van der Waals surface area contributed by atoms with Gasteiger partial charge in [0.05, 0.1) is 5.56 Å². The number of amides is 1. The molecule has 0 aromatic carbocycles. The molecule has 0 radical (unpaired) electrons. The predicted octanol–water partition coefficient (Wildman–Crippen LogP) is 0.610. The Morgan fingerprint density at radius 2 is 2.33 bits per heavy atom. The lowest BCUT2D eigenvalue weighted by atomic mass is 9.87. The van der Waals surface area contributed by atoms with Crippen molar-refractivity contribution in [2.24, 2.45) is 5.73 Å². The number of pyridine rings is 1. The Kier molecular flexibility index (Phi) is 2.68. The SMILES string of the molecule is Cc1cncc(C(=O)N[C@@H]2CC[C@@H]2N)c1. The van der Waals surface area contributed by atoms with Crippen LogP contribution in [0.1, 0.15) is 28.8 Å². The van der Waals surface area contributed by atoms with Crippen molar-refractivity contribution in [2.45, 2.75) is 31.8 Å². The van der Waals surface area contributed by atoms with Crippen LogP contribution in [0.4, 0.5) is 0 Å². The summed E-state index contributed by atoms with van der Waals surface area (Å²) in [5.41, 5.74) is 7.34. The molecule has 0 saturated heterocycles. The van der Waals surface area contributed by atoms with E-state index >= 15 is 0 Å². The highest BCUT2D eigenvalue weighted by Gasteiger charge is 2.28. The number of rotatable bonds is 2. The molecule has 1 amide bonds. The van der Waals surface area contributed by atoms with Crippen molar-refractivity contribution in [1.82, 2.24) is 10.3 Å². The molecule has 1 fully saturated rings. The van der Waals surface area contributed by atoms with Crippen molar-refractivity contribution in [2.75, 3.05) is 0 Å². The molecule has 2 rings (SSSR count). The van der Waals surface area contributed by atoms with E-state index in [4.69, 9.17) is 5.73 Å². The van der Waals surface area contributed by atoms with Crippen LogP contribution in [0, 0.1) is 6.92 Å². The number of carbonyl (C=O) groups excluding carboxylic acids is 1. The average molecular weight is 205 g/mol. The second-order valence-electron chi connectivity index (χ2n) is 4.07. The topological polar surface area (TPSA) is 68.0 Å². The van der Waals surface area contributed by atoms with Gasteiger partial charge in [-0.25, -0.2) is 0 Å². The van der Waals surface area contributed by atoms with Gasteiger partial charge >= 0.3 is 0 Å². The lowest BCUT2D eigenvalue weighted by Gasteiger charge is -2.34. The molecule has 1 saturated carbocycles. The molecular weight excluding hydrogens is 190 g/mol. The third-order valence-corrected chi connectivity index (χ3v) is 2.78. The van der Waals surface area contributed by atoms with Gasteiger partial charge in [0.1, 0.15) is 0 Å². The summed E-state index contributed by atoms with van der Waals surface area (Å²) in [6, 6.07) is 2.08. The number of nitrogens with two attached hydrogens (primary N) is 1. The maximum absolute atomic E-state index is 11.7. The minimum absolute atomic E-state index is 0.0775. The van der Waals surface area contributed by atoms with E-state index in [1.165, 1.54) is 0 Å². The van der Waals surface area contributed by atoms with Crippen molar-refractivity contribution >= 4 is 5.91 Å². The third-order valence-electron chi connectivity index (χ3n) is 2.78. The van der Waals surface area contributed by atoms with E-state index in [2.05, 4.69) is 10.3 Å². The van der Waals surface area contributed by atoms with Crippen LogP contribution in [0.15, 0.2) is 18.5 Å². The van der Waals surface area contributed by atoms with Gasteiger partial charge in [-0.1, -0.05) is 0 Å². The minimum atomic E-state index is -0.0775. The normalized spacial score (nSPS) is 24.4. The number of aromatic nitrogens is 1. The van der Waals surface area contributed by atoms with Crippen molar-refractivity contribution in [3.05, 3.63) is 29.6 Å². The van der Waals surface area contributed by atoms with Crippen LogP contribution in [-0.4, -0.2) is 23.0 Å². The van der Waals surface area contributed by atoms with Gasteiger partial charge in [0.2, 0.25) is 0 Å². The average Bonchev–Trinajstić information content (AvgIpc) is 2.23. The molecule has 1 aliphatic carbocycles. The Bertz CT molecular complexity index is 378. The first-order valence-corrected chi connectivity index (χ1v) is 5.15. The first-order chi connectivity index (χ1) is 7.16. The number of aryl methyl sites for hydroxylation is 1. The Labute approximate surface area is 88.9 Å². The van der Waals surface area contributed by atoms with Gasteiger partial charge in [-0.15, -0.1) is 0 Å². The summed E-state index contributed by atoms with van der Waals surface area (Å²) in [4.78, 5) is 15.7. The second-order valence-corrected chi connectivity index (χ2v) is 4.07. The summed E-state index contributed by atoms with van der Waals surface area (Å²) in [7, 11) is 0. The zero-order chi connectivity index (χ0) is 10.8. The maximum atomic E-state index is 11.7. The first kappa shape index (κ1) is 10.1. The van der Waals surface area contributed by atoms with Crippen LogP contribution in [0.2, 0.25) is 0 Å².